The molecule has 0 aliphatic heterocycles. The Bertz CT molecular complexity index is 1320. The van der Waals surface area contributed by atoms with E-state index < -0.39 is 23.6 Å². The Labute approximate surface area is 193 Å². The number of benzene rings is 2. The van der Waals surface area contributed by atoms with Crippen molar-refractivity contribution >= 4 is 16.9 Å². The Kier molecular flexibility index (Phi) is 6.12. The number of hydrogen-bond donors (Lipinski definition) is 1. The summed E-state index contributed by atoms with van der Waals surface area (Å²) in [4.78, 5) is 15.8. The topological polar surface area (TPSA) is 85.7 Å². The first-order valence-corrected chi connectivity index (χ1v) is 10.6. The van der Waals surface area contributed by atoms with Gasteiger partial charge in [-0.1, -0.05) is 13.8 Å². The standard InChI is InChI=1S/C25H22F3NO5/c1-13(2)22-21(34-23(29-22)15-4-6-16(7-5-15)25(26,27)28)12-32-17-8-9-18-19(14(3)24(30)31)11-33-20(18)10-17/h4-11,13-14H,12H2,1-3H3,(H,30,31). The van der Waals surface area contributed by atoms with Crippen LogP contribution in [0.5, 0.6) is 5.75 Å². The van der Waals surface area contributed by atoms with Gasteiger partial charge in [-0.2, -0.15) is 13.2 Å². The number of hydrogen-bond acceptors (Lipinski definition) is 5. The first-order valence-electron chi connectivity index (χ1n) is 10.6. The Morgan fingerprint density at radius 3 is 2.44 bits per heavy atom. The summed E-state index contributed by atoms with van der Waals surface area (Å²) < 4.78 is 55.8. The number of alkyl halides is 3. The lowest BCUT2D eigenvalue weighted by molar-refractivity contribution is -0.138. The van der Waals surface area contributed by atoms with E-state index in [1.54, 1.807) is 25.1 Å². The van der Waals surface area contributed by atoms with Gasteiger partial charge in [0.15, 0.2) is 5.76 Å². The van der Waals surface area contributed by atoms with Gasteiger partial charge in [-0.25, -0.2) is 4.98 Å². The van der Waals surface area contributed by atoms with Gasteiger partial charge in [-0.3, -0.25) is 4.79 Å². The zero-order valence-electron chi connectivity index (χ0n) is 18.6. The molecule has 0 saturated carbocycles. The van der Waals surface area contributed by atoms with Gasteiger partial charge in [0, 0.05) is 22.6 Å². The monoisotopic (exact) mass is 473 g/mol. The summed E-state index contributed by atoms with van der Waals surface area (Å²) in [6, 6.07) is 9.73. The molecule has 2 aromatic carbocycles. The van der Waals surface area contributed by atoms with Gasteiger partial charge >= 0.3 is 12.1 Å². The normalized spacial score (nSPS) is 12.9. The van der Waals surface area contributed by atoms with Gasteiger partial charge in [0.05, 0.1) is 23.4 Å². The second-order valence-electron chi connectivity index (χ2n) is 8.25. The molecular weight excluding hydrogens is 451 g/mol. The van der Waals surface area contributed by atoms with Crippen molar-refractivity contribution in [1.29, 1.82) is 0 Å². The molecule has 1 N–H and O–H groups in total. The van der Waals surface area contributed by atoms with Crippen LogP contribution in [0.25, 0.3) is 22.4 Å². The lowest BCUT2D eigenvalue weighted by atomic mass is 10.0. The number of nitrogens with zero attached hydrogens (tertiary/aromatic N) is 1. The zero-order valence-corrected chi connectivity index (χ0v) is 18.6. The summed E-state index contributed by atoms with van der Waals surface area (Å²) in [5.41, 5.74) is 1.40. The zero-order chi connectivity index (χ0) is 24.6. The lowest BCUT2D eigenvalue weighted by Crippen LogP contribution is -2.06. The van der Waals surface area contributed by atoms with Gasteiger partial charge in [0.1, 0.15) is 17.9 Å². The third-order valence-corrected chi connectivity index (χ3v) is 5.52. The summed E-state index contributed by atoms with van der Waals surface area (Å²) in [5.74, 6) is -0.496. The highest BCUT2D eigenvalue weighted by atomic mass is 19.4. The van der Waals surface area contributed by atoms with Crippen molar-refractivity contribution in [2.75, 3.05) is 0 Å². The summed E-state index contributed by atoms with van der Waals surface area (Å²) in [7, 11) is 0. The molecule has 2 aromatic heterocycles. The van der Waals surface area contributed by atoms with E-state index in [4.69, 9.17) is 13.6 Å². The first-order chi connectivity index (χ1) is 16.0. The number of halogens is 3. The first kappa shape index (κ1) is 23.4. The lowest BCUT2D eigenvalue weighted by Gasteiger charge is -2.07. The van der Waals surface area contributed by atoms with E-state index in [-0.39, 0.29) is 18.4 Å². The molecule has 6 nitrogen and oxygen atoms in total. The fourth-order valence-electron chi connectivity index (χ4n) is 3.58. The van der Waals surface area contributed by atoms with Crippen molar-refractivity contribution in [3.05, 3.63) is 71.3 Å². The molecule has 0 saturated heterocycles. The van der Waals surface area contributed by atoms with Crippen LogP contribution in [0.4, 0.5) is 13.2 Å². The third kappa shape index (κ3) is 4.64. The van der Waals surface area contributed by atoms with E-state index in [2.05, 4.69) is 4.98 Å². The second kappa shape index (κ2) is 8.89. The Hall–Kier alpha value is -3.75. The second-order valence-corrected chi connectivity index (χ2v) is 8.25. The van der Waals surface area contributed by atoms with Crippen molar-refractivity contribution in [3.8, 4) is 17.2 Å². The van der Waals surface area contributed by atoms with Crippen LogP contribution in [0.2, 0.25) is 0 Å². The molecule has 0 fully saturated rings. The van der Waals surface area contributed by atoms with Gasteiger partial charge in [0.2, 0.25) is 5.89 Å². The quantitative estimate of drug-likeness (QED) is 0.311. The molecule has 4 rings (SSSR count). The van der Waals surface area contributed by atoms with E-state index in [0.717, 1.165) is 12.1 Å². The predicted octanol–water partition coefficient (Wildman–Crippen LogP) is 7.00. The minimum atomic E-state index is -4.42. The van der Waals surface area contributed by atoms with Crippen LogP contribution >= 0.6 is 0 Å². The van der Waals surface area contributed by atoms with Gasteiger partial charge < -0.3 is 18.7 Å². The average Bonchev–Trinajstić information content (AvgIpc) is 3.41. The summed E-state index contributed by atoms with van der Waals surface area (Å²) in [6.07, 6.45) is -2.99. The number of ether oxygens (including phenoxy) is 1. The number of carbonyl (C=O) groups is 1. The number of carboxylic acids is 1. The van der Waals surface area contributed by atoms with Crippen LogP contribution in [0.3, 0.4) is 0 Å². The highest BCUT2D eigenvalue weighted by Gasteiger charge is 2.30. The molecule has 0 spiro atoms. The molecule has 9 heteroatoms. The number of aromatic nitrogens is 1. The molecule has 4 aromatic rings. The molecule has 1 atom stereocenters. The molecule has 0 radical (unpaired) electrons. The Morgan fingerprint density at radius 2 is 1.82 bits per heavy atom. The van der Waals surface area contributed by atoms with Gasteiger partial charge in [-0.05, 0) is 49.2 Å². The van der Waals surface area contributed by atoms with Crippen molar-refractivity contribution < 1.29 is 36.6 Å². The number of carboxylic acid groups (broad SMARTS) is 1. The third-order valence-electron chi connectivity index (χ3n) is 5.52. The summed E-state index contributed by atoms with van der Waals surface area (Å²) in [5, 5.41) is 9.94. The van der Waals surface area contributed by atoms with Crippen LogP contribution in [-0.2, 0) is 17.6 Å². The molecule has 0 bridgehead atoms. The molecule has 178 valence electrons. The Balaban J connectivity index is 1.55. The average molecular weight is 473 g/mol. The van der Waals surface area contributed by atoms with Crippen LogP contribution < -0.4 is 4.74 Å². The SMILES string of the molecule is CC(C)c1nc(-c2ccc(C(F)(F)F)cc2)oc1COc1ccc2c(C(C)C(=O)O)coc2c1. The number of fused-ring (bicyclic) bond motifs is 1. The number of aliphatic carboxylic acids is 1. The molecular formula is C25H22F3NO5. The molecule has 2 heterocycles. The van der Waals surface area contributed by atoms with E-state index in [9.17, 15) is 23.1 Å². The summed E-state index contributed by atoms with van der Waals surface area (Å²) in [6.45, 7) is 5.49. The van der Waals surface area contributed by atoms with E-state index in [0.29, 0.717) is 39.3 Å². The number of furan rings is 1. The van der Waals surface area contributed by atoms with Crippen LogP contribution in [-0.4, -0.2) is 16.1 Å². The predicted molar refractivity (Wildman–Crippen MR) is 118 cm³/mol. The van der Waals surface area contributed by atoms with E-state index in [1.807, 2.05) is 13.8 Å². The van der Waals surface area contributed by atoms with E-state index in [1.165, 1.54) is 18.4 Å². The maximum Gasteiger partial charge on any atom is 0.416 e. The minimum absolute atomic E-state index is 0.00170. The number of rotatable bonds is 7. The largest absolute Gasteiger partial charge is 0.485 e. The molecule has 34 heavy (non-hydrogen) atoms. The van der Waals surface area contributed by atoms with Gasteiger partial charge in [-0.15, -0.1) is 0 Å². The van der Waals surface area contributed by atoms with Crippen molar-refractivity contribution in [2.45, 2.75) is 45.4 Å². The summed E-state index contributed by atoms with van der Waals surface area (Å²) >= 11 is 0. The number of oxazole rings is 1. The maximum atomic E-state index is 12.8. The minimum Gasteiger partial charge on any atom is -0.485 e. The van der Waals surface area contributed by atoms with Crippen molar-refractivity contribution in [1.82, 2.24) is 4.98 Å². The van der Waals surface area contributed by atoms with Crippen LogP contribution in [0, 0.1) is 0 Å². The highest BCUT2D eigenvalue weighted by molar-refractivity contribution is 5.88. The molecule has 0 aliphatic carbocycles. The highest BCUT2D eigenvalue weighted by Crippen LogP contribution is 2.34. The smallest absolute Gasteiger partial charge is 0.416 e. The van der Waals surface area contributed by atoms with Crippen LogP contribution in [0.15, 0.2) is 57.6 Å². The fraction of sp³-hybridized carbons (Fsp3) is 0.280. The Morgan fingerprint density at radius 1 is 1.12 bits per heavy atom. The maximum absolute atomic E-state index is 12.8. The van der Waals surface area contributed by atoms with Gasteiger partial charge in [0.25, 0.3) is 0 Å². The van der Waals surface area contributed by atoms with Crippen LogP contribution in [0.1, 0.15) is 55.2 Å². The molecule has 0 aliphatic rings. The van der Waals surface area contributed by atoms with Crippen molar-refractivity contribution in [2.24, 2.45) is 0 Å². The molecule has 0 amide bonds. The fourth-order valence-corrected chi connectivity index (χ4v) is 3.58. The molecule has 1 unspecified atom stereocenters. The van der Waals surface area contributed by atoms with E-state index >= 15 is 0 Å². The van der Waals surface area contributed by atoms with Crippen molar-refractivity contribution in [3.63, 3.8) is 0 Å².